The summed E-state index contributed by atoms with van der Waals surface area (Å²) in [7, 11) is -2.23. The normalized spacial score (nSPS) is 20.3. The van der Waals surface area contributed by atoms with E-state index in [-0.39, 0.29) is 22.9 Å². The molecule has 0 amide bonds. The average Bonchev–Trinajstić information content (AvgIpc) is 2.81. The zero-order valence-corrected chi connectivity index (χ0v) is 18.8. The van der Waals surface area contributed by atoms with E-state index in [0.717, 1.165) is 38.4 Å². The van der Waals surface area contributed by atoms with Gasteiger partial charge >= 0.3 is 0 Å². The van der Waals surface area contributed by atoms with Crippen LogP contribution in [0.3, 0.4) is 0 Å². The van der Waals surface area contributed by atoms with Crippen LogP contribution in [0.1, 0.15) is 12.0 Å². The third-order valence-electron chi connectivity index (χ3n) is 6.03. The third-order valence-corrected chi connectivity index (χ3v) is 7.92. The van der Waals surface area contributed by atoms with Crippen LogP contribution in [0.15, 0.2) is 52.5 Å². The van der Waals surface area contributed by atoms with Crippen molar-refractivity contribution in [3.63, 3.8) is 0 Å². The average molecular weight is 461 g/mol. The minimum Gasteiger partial charge on any atom is -0.508 e. The summed E-state index contributed by atoms with van der Waals surface area (Å²) in [6.07, 6.45) is 0.677. The second-order valence-corrected chi connectivity index (χ2v) is 9.82. The van der Waals surface area contributed by atoms with Gasteiger partial charge in [-0.3, -0.25) is 4.90 Å². The zero-order chi connectivity index (χ0) is 22.7. The van der Waals surface area contributed by atoms with E-state index in [0.29, 0.717) is 24.3 Å². The molecule has 172 valence electrons. The summed E-state index contributed by atoms with van der Waals surface area (Å²) in [5.74, 6) is 0.639. The number of aromatic hydroxyl groups is 1. The Morgan fingerprint density at radius 2 is 1.75 bits per heavy atom. The lowest BCUT2D eigenvalue weighted by atomic mass is 10.1. The Bertz CT molecular complexity index is 1080. The molecule has 2 N–H and O–H groups in total. The van der Waals surface area contributed by atoms with Gasteiger partial charge in [0.2, 0.25) is 10.0 Å². The Hall–Kier alpha value is -2.82. The van der Waals surface area contributed by atoms with E-state index >= 15 is 0 Å². The highest BCUT2D eigenvalue weighted by atomic mass is 32.2. The number of benzene rings is 2. The lowest BCUT2D eigenvalue weighted by molar-refractivity contribution is 0.247. The number of anilines is 1. The van der Waals surface area contributed by atoms with Crippen LogP contribution in [0, 0.1) is 0 Å². The number of hydrogen-bond donors (Lipinski definition) is 2. The Kier molecular flexibility index (Phi) is 6.54. The number of oxime groups is 1. The highest BCUT2D eigenvalue weighted by molar-refractivity contribution is 7.89. The molecule has 1 saturated heterocycles. The summed E-state index contributed by atoms with van der Waals surface area (Å²) in [6.45, 7) is 4.67. The van der Waals surface area contributed by atoms with E-state index in [1.54, 1.807) is 24.3 Å². The fourth-order valence-electron chi connectivity index (χ4n) is 4.30. The van der Waals surface area contributed by atoms with E-state index in [9.17, 15) is 18.7 Å². The first kappa shape index (κ1) is 22.4. The van der Waals surface area contributed by atoms with Crippen LogP contribution < -0.4 is 9.64 Å². The molecule has 2 heterocycles. The van der Waals surface area contributed by atoms with Gasteiger partial charge in [-0.25, -0.2) is 8.42 Å². The maximum atomic E-state index is 13.1. The minimum absolute atomic E-state index is 0.0147. The van der Waals surface area contributed by atoms with Gasteiger partial charge in [0.05, 0.1) is 24.1 Å². The van der Waals surface area contributed by atoms with Crippen molar-refractivity contribution in [2.75, 3.05) is 57.8 Å². The summed E-state index contributed by atoms with van der Waals surface area (Å²) >= 11 is 0. The highest BCUT2D eigenvalue weighted by Crippen LogP contribution is 2.33. The van der Waals surface area contributed by atoms with Crippen molar-refractivity contribution in [2.24, 2.45) is 5.16 Å². The van der Waals surface area contributed by atoms with Crippen LogP contribution in [0.25, 0.3) is 0 Å². The van der Waals surface area contributed by atoms with Gasteiger partial charge in [0.15, 0.2) is 0 Å². The first-order valence-electron chi connectivity index (χ1n) is 10.6. The van der Waals surface area contributed by atoms with Crippen LogP contribution in [-0.4, -0.2) is 86.6 Å². The van der Waals surface area contributed by atoms with E-state index in [1.807, 2.05) is 12.1 Å². The summed E-state index contributed by atoms with van der Waals surface area (Å²) in [5, 5.41) is 22.3. The van der Waals surface area contributed by atoms with Crippen molar-refractivity contribution in [1.29, 1.82) is 0 Å². The fraction of sp³-hybridized carbons (Fsp3) is 0.409. The second kappa shape index (κ2) is 9.35. The van der Waals surface area contributed by atoms with Gasteiger partial charge in [-0.05, 0) is 49.4 Å². The molecule has 0 saturated carbocycles. The second-order valence-electron chi connectivity index (χ2n) is 7.92. The van der Waals surface area contributed by atoms with Crippen LogP contribution in [-0.2, 0) is 10.0 Å². The standard InChI is InChI=1S/C22H28N4O5S/c1-31-20-4-2-5-21-22(20)19(23-28)16-26(32(21,29)30)11-3-10-24-12-14-25(15-13-24)17-6-8-18(27)9-7-17/h2,4-9,27-28H,3,10-16H2,1H3/b23-19+. The maximum absolute atomic E-state index is 13.1. The fourth-order valence-corrected chi connectivity index (χ4v) is 5.96. The number of fused-ring (bicyclic) bond motifs is 1. The molecule has 2 aromatic rings. The van der Waals surface area contributed by atoms with Gasteiger partial charge < -0.3 is 20.0 Å². The molecule has 0 bridgehead atoms. The summed E-state index contributed by atoms with van der Waals surface area (Å²) in [5.41, 5.74) is 1.71. The molecular weight excluding hydrogens is 432 g/mol. The molecule has 2 aliphatic heterocycles. The predicted molar refractivity (Wildman–Crippen MR) is 121 cm³/mol. The van der Waals surface area contributed by atoms with E-state index in [2.05, 4.69) is 15.0 Å². The number of sulfonamides is 1. The van der Waals surface area contributed by atoms with Crippen molar-refractivity contribution in [1.82, 2.24) is 9.21 Å². The summed E-state index contributed by atoms with van der Waals surface area (Å²) < 4.78 is 32.9. The third kappa shape index (κ3) is 4.38. The number of hydrogen-bond acceptors (Lipinski definition) is 8. The van der Waals surface area contributed by atoms with Gasteiger partial charge in [-0.15, -0.1) is 0 Å². The topological polar surface area (TPSA) is 106 Å². The van der Waals surface area contributed by atoms with E-state index in [4.69, 9.17) is 4.74 Å². The molecule has 0 aliphatic carbocycles. The van der Waals surface area contributed by atoms with Gasteiger partial charge in [0.1, 0.15) is 17.2 Å². The SMILES string of the molecule is COc1cccc2c1/C(=N/O)CN(CCCN1CCN(c3ccc(O)cc3)CC1)S2(=O)=O. The van der Waals surface area contributed by atoms with Crippen LogP contribution in [0.5, 0.6) is 11.5 Å². The molecule has 9 nitrogen and oxygen atoms in total. The van der Waals surface area contributed by atoms with Crippen molar-refractivity contribution in [2.45, 2.75) is 11.3 Å². The van der Waals surface area contributed by atoms with Crippen molar-refractivity contribution < 1.29 is 23.5 Å². The van der Waals surface area contributed by atoms with E-state index < -0.39 is 10.0 Å². The first-order chi connectivity index (χ1) is 15.4. The Balaban J connectivity index is 1.35. The maximum Gasteiger partial charge on any atom is 0.244 e. The number of methoxy groups -OCH3 is 1. The van der Waals surface area contributed by atoms with Crippen molar-refractivity contribution in [3.8, 4) is 11.5 Å². The lowest BCUT2D eigenvalue weighted by Gasteiger charge is -2.36. The molecule has 2 aliphatic rings. The zero-order valence-electron chi connectivity index (χ0n) is 18.0. The summed E-state index contributed by atoms with van der Waals surface area (Å²) in [4.78, 5) is 4.71. The highest BCUT2D eigenvalue weighted by Gasteiger charge is 2.37. The van der Waals surface area contributed by atoms with Crippen LogP contribution in [0.2, 0.25) is 0 Å². The largest absolute Gasteiger partial charge is 0.508 e. The molecule has 0 radical (unpaired) electrons. The molecule has 0 unspecified atom stereocenters. The first-order valence-corrected chi connectivity index (χ1v) is 12.0. The molecule has 1 fully saturated rings. The van der Waals surface area contributed by atoms with Gasteiger partial charge in [0.25, 0.3) is 0 Å². The van der Waals surface area contributed by atoms with Gasteiger partial charge in [0, 0.05) is 38.4 Å². The number of piperazine rings is 1. The molecular formula is C22H28N4O5S. The van der Waals surface area contributed by atoms with Gasteiger partial charge in [-0.1, -0.05) is 11.2 Å². The smallest absolute Gasteiger partial charge is 0.244 e. The Morgan fingerprint density at radius 1 is 1.03 bits per heavy atom. The quantitative estimate of drug-likeness (QED) is 0.500. The molecule has 2 aromatic carbocycles. The van der Waals surface area contributed by atoms with Gasteiger partial charge in [-0.2, -0.15) is 4.31 Å². The Morgan fingerprint density at radius 3 is 2.41 bits per heavy atom. The van der Waals surface area contributed by atoms with Crippen molar-refractivity contribution in [3.05, 3.63) is 48.0 Å². The monoisotopic (exact) mass is 460 g/mol. The molecule has 0 aromatic heterocycles. The number of phenols is 1. The molecule has 32 heavy (non-hydrogen) atoms. The van der Waals surface area contributed by atoms with Crippen LogP contribution in [0.4, 0.5) is 5.69 Å². The summed E-state index contributed by atoms with van der Waals surface area (Å²) in [6, 6.07) is 12.0. The number of ether oxygens (including phenoxy) is 1. The minimum atomic E-state index is -3.70. The lowest BCUT2D eigenvalue weighted by Crippen LogP contribution is -2.47. The number of phenolic OH excluding ortho intramolecular Hbond substituents is 1. The molecule has 4 rings (SSSR count). The predicted octanol–water partition coefficient (Wildman–Crippen LogP) is 1.80. The van der Waals surface area contributed by atoms with Crippen LogP contribution >= 0.6 is 0 Å². The number of nitrogens with zero attached hydrogens (tertiary/aromatic N) is 4. The van der Waals surface area contributed by atoms with E-state index in [1.165, 1.54) is 17.5 Å². The molecule has 0 spiro atoms. The van der Waals surface area contributed by atoms with Crippen molar-refractivity contribution >= 4 is 21.4 Å². The molecule has 10 heteroatoms. The molecule has 0 atom stereocenters. The number of rotatable bonds is 6. The Labute approximate surface area is 188 Å².